The van der Waals surface area contributed by atoms with Crippen LogP contribution in [0.1, 0.15) is 41.6 Å². The van der Waals surface area contributed by atoms with E-state index in [0.717, 1.165) is 27.4 Å². The number of thioether (sulfide) groups is 1. The topological polar surface area (TPSA) is 121 Å². The molecule has 1 saturated heterocycles. The monoisotopic (exact) mass is 545 g/mol. The summed E-state index contributed by atoms with van der Waals surface area (Å²) in [6.07, 6.45) is 0.564. The van der Waals surface area contributed by atoms with Gasteiger partial charge in [0.05, 0.1) is 18.8 Å². The molecule has 1 aromatic heterocycles. The Labute approximate surface area is 231 Å². The zero-order valence-electron chi connectivity index (χ0n) is 21.5. The third-order valence-corrected chi connectivity index (χ3v) is 7.60. The van der Waals surface area contributed by atoms with Crippen LogP contribution < -0.4 is 10.6 Å². The number of nitrogens with one attached hydrogen (secondary N) is 3. The van der Waals surface area contributed by atoms with Gasteiger partial charge in [0.1, 0.15) is 6.33 Å². The summed E-state index contributed by atoms with van der Waals surface area (Å²) in [6, 6.07) is 24.8. The maximum Gasteiger partial charge on any atom is 0.319 e. The van der Waals surface area contributed by atoms with Crippen LogP contribution in [0, 0.1) is 5.92 Å². The summed E-state index contributed by atoms with van der Waals surface area (Å²) in [5.74, 6) is 0.730. The van der Waals surface area contributed by atoms with Gasteiger partial charge in [0.15, 0.2) is 11.4 Å². The van der Waals surface area contributed by atoms with Crippen LogP contribution in [0.4, 0.5) is 10.5 Å². The van der Waals surface area contributed by atoms with E-state index in [1.807, 2.05) is 78.9 Å². The molecule has 0 aliphatic carbocycles. The van der Waals surface area contributed by atoms with Crippen molar-refractivity contribution >= 4 is 23.5 Å². The Kier molecular flexibility index (Phi) is 8.89. The molecular weight excluding hydrogens is 514 g/mol. The summed E-state index contributed by atoms with van der Waals surface area (Å²) in [7, 11) is 0. The van der Waals surface area contributed by atoms with Crippen molar-refractivity contribution in [2.24, 2.45) is 5.92 Å². The molecule has 4 unspecified atom stereocenters. The lowest BCUT2D eigenvalue weighted by atomic mass is 9.91. The maximum absolute atomic E-state index is 12.4. The van der Waals surface area contributed by atoms with Gasteiger partial charge in [-0.25, -0.2) is 9.78 Å². The molecule has 0 saturated carbocycles. The van der Waals surface area contributed by atoms with Gasteiger partial charge in [-0.2, -0.15) is 5.10 Å². The van der Waals surface area contributed by atoms with Crippen molar-refractivity contribution in [3.63, 3.8) is 0 Å². The molecular formula is C29H31N5O4S. The summed E-state index contributed by atoms with van der Waals surface area (Å²) >= 11 is 1.55. The highest BCUT2D eigenvalue weighted by atomic mass is 32.2. The smallest absolute Gasteiger partial charge is 0.319 e. The van der Waals surface area contributed by atoms with Crippen LogP contribution in [0.15, 0.2) is 90.3 Å². The molecule has 10 heteroatoms. The molecule has 3 aromatic carbocycles. The molecule has 1 aliphatic rings. The number of nitrogens with zero attached hydrogens (tertiary/aromatic N) is 2. The van der Waals surface area contributed by atoms with Crippen LogP contribution >= 0.6 is 11.8 Å². The Morgan fingerprint density at radius 3 is 2.41 bits per heavy atom. The van der Waals surface area contributed by atoms with Crippen LogP contribution in [-0.4, -0.2) is 38.2 Å². The number of aromatic amines is 1. The fraction of sp³-hybridized carbons (Fsp3) is 0.276. The van der Waals surface area contributed by atoms with E-state index in [4.69, 9.17) is 9.47 Å². The standard InChI is InChI=1S/C29H31N5O4S/c1-19-25(17-39-29-31-18-32-34-29)37-27(38-26(19)22-9-7-21(16-35)8-10-22)23-11-13-24(14-12-23)33-28(36)30-15-20-5-3-2-4-6-20/h2-14,18-19,25-27,35H,15-17H2,1H3,(H2,30,33,36)(H,31,32,34). The fourth-order valence-corrected chi connectivity index (χ4v) is 5.35. The number of carbonyl (C=O) groups is 1. The number of ether oxygens (including phenoxy) is 2. The van der Waals surface area contributed by atoms with Crippen LogP contribution in [0.3, 0.4) is 0 Å². The van der Waals surface area contributed by atoms with Crippen molar-refractivity contribution in [1.29, 1.82) is 0 Å². The Hall–Kier alpha value is -3.70. The lowest BCUT2D eigenvalue weighted by Gasteiger charge is -2.41. The molecule has 4 N–H and O–H groups in total. The number of aromatic nitrogens is 3. The minimum atomic E-state index is -0.593. The third kappa shape index (κ3) is 7.04. The molecule has 9 nitrogen and oxygen atoms in total. The van der Waals surface area contributed by atoms with Crippen LogP contribution in [-0.2, 0) is 22.6 Å². The fourth-order valence-electron chi connectivity index (χ4n) is 4.41. The normalized spacial score (nSPS) is 20.9. The van der Waals surface area contributed by atoms with Crippen LogP contribution in [0.25, 0.3) is 0 Å². The second-order valence-corrected chi connectivity index (χ2v) is 10.3. The second-order valence-electron chi connectivity index (χ2n) is 9.34. The Morgan fingerprint density at radius 1 is 0.974 bits per heavy atom. The molecule has 4 aromatic rings. The molecule has 1 fully saturated rings. The first-order valence-corrected chi connectivity index (χ1v) is 13.7. The Morgan fingerprint density at radius 2 is 1.72 bits per heavy atom. The van der Waals surface area contributed by atoms with E-state index in [-0.39, 0.29) is 30.8 Å². The summed E-state index contributed by atoms with van der Waals surface area (Å²) in [5.41, 5.74) is 4.42. The molecule has 1 aliphatic heterocycles. The van der Waals surface area contributed by atoms with E-state index in [1.165, 1.54) is 6.33 Å². The number of H-pyrrole nitrogens is 1. The van der Waals surface area contributed by atoms with E-state index in [1.54, 1.807) is 11.8 Å². The number of anilines is 1. The van der Waals surface area contributed by atoms with E-state index in [9.17, 15) is 9.90 Å². The number of benzene rings is 3. The van der Waals surface area contributed by atoms with Gasteiger partial charge < -0.3 is 25.2 Å². The molecule has 0 spiro atoms. The predicted molar refractivity (Wildman–Crippen MR) is 149 cm³/mol. The van der Waals surface area contributed by atoms with Crippen molar-refractivity contribution in [1.82, 2.24) is 20.5 Å². The molecule has 0 radical (unpaired) electrons. The van der Waals surface area contributed by atoms with E-state index >= 15 is 0 Å². The highest BCUT2D eigenvalue weighted by Crippen LogP contribution is 2.42. The van der Waals surface area contributed by atoms with Crippen molar-refractivity contribution in [2.45, 2.75) is 43.7 Å². The number of rotatable bonds is 9. The van der Waals surface area contributed by atoms with Gasteiger partial charge in [0.25, 0.3) is 0 Å². The second kappa shape index (κ2) is 12.9. The van der Waals surface area contributed by atoms with Gasteiger partial charge in [-0.15, -0.1) is 0 Å². The van der Waals surface area contributed by atoms with Gasteiger partial charge in [-0.3, -0.25) is 5.10 Å². The van der Waals surface area contributed by atoms with Gasteiger partial charge in [-0.1, -0.05) is 85.4 Å². The number of aliphatic hydroxyl groups excluding tert-OH is 1. The average Bonchev–Trinajstić information content (AvgIpc) is 3.50. The number of urea groups is 1. The van der Waals surface area contributed by atoms with Crippen molar-refractivity contribution in [3.8, 4) is 0 Å². The minimum Gasteiger partial charge on any atom is -0.392 e. The van der Waals surface area contributed by atoms with Crippen LogP contribution in [0.2, 0.25) is 0 Å². The van der Waals surface area contributed by atoms with E-state index in [0.29, 0.717) is 18.0 Å². The van der Waals surface area contributed by atoms with Gasteiger partial charge in [0, 0.05) is 29.5 Å². The van der Waals surface area contributed by atoms with Crippen molar-refractivity contribution in [2.75, 3.05) is 11.1 Å². The number of hydrogen-bond donors (Lipinski definition) is 4. The zero-order valence-corrected chi connectivity index (χ0v) is 22.3. The molecule has 39 heavy (non-hydrogen) atoms. The van der Waals surface area contributed by atoms with E-state index < -0.39 is 6.29 Å². The van der Waals surface area contributed by atoms with Crippen molar-refractivity contribution in [3.05, 3.63) is 107 Å². The number of amides is 2. The summed E-state index contributed by atoms with van der Waals surface area (Å²) < 4.78 is 12.9. The maximum atomic E-state index is 12.4. The quantitative estimate of drug-likeness (QED) is 0.213. The molecule has 2 amide bonds. The highest BCUT2D eigenvalue weighted by Gasteiger charge is 2.38. The number of carbonyl (C=O) groups excluding carboxylic acids is 1. The van der Waals surface area contributed by atoms with Crippen LogP contribution in [0.5, 0.6) is 0 Å². The first-order valence-electron chi connectivity index (χ1n) is 12.8. The molecule has 0 bridgehead atoms. The molecule has 5 rings (SSSR count). The Bertz CT molecular complexity index is 1320. The molecule has 4 atom stereocenters. The third-order valence-electron chi connectivity index (χ3n) is 6.64. The summed E-state index contributed by atoms with van der Waals surface area (Å²) in [4.78, 5) is 16.6. The zero-order chi connectivity index (χ0) is 27.0. The number of aliphatic hydroxyl groups is 1. The lowest BCUT2D eigenvalue weighted by Crippen LogP contribution is -2.38. The van der Waals surface area contributed by atoms with E-state index in [2.05, 4.69) is 32.7 Å². The van der Waals surface area contributed by atoms with Gasteiger partial charge in [0.2, 0.25) is 0 Å². The van der Waals surface area contributed by atoms with Gasteiger partial charge in [-0.05, 0) is 28.8 Å². The minimum absolute atomic E-state index is 0.00575. The first kappa shape index (κ1) is 26.9. The summed E-state index contributed by atoms with van der Waals surface area (Å²) in [6.45, 7) is 2.56. The molecule has 2 heterocycles. The lowest BCUT2D eigenvalue weighted by molar-refractivity contribution is -0.268. The SMILES string of the molecule is CC1C(CSc2ncn[nH]2)OC(c2ccc(NC(=O)NCc3ccccc3)cc2)OC1c1ccc(CO)cc1. The van der Waals surface area contributed by atoms with Crippen molar-refractivity contribution < 1.29 is 19.4 Å². The predicted octanol–water partition coefficient (Wildman–Crippen LogP) is 5.20. The van der Waals surface area contributed by atoms with Gasteiger partial charge >= 0.3 is 6.03 Å². The highest BCUT2D eigenvalue weighted by molar-refractivity contribution is 7.99. The Balaban J connectivity index is 1.27. The number of hydrogen-bond acceptors (Lipinski definition) is 7. The first-order chi connectivity index (χ1) is 19.1. The average molecular weight is 546 g/mol. The summed E-state index contributed by atoms with van der Waals surface area (Å²) in [5, 5.41) is 22.7. The largest absolute Gasteiger partial charge is 0.392 e. The molecule has 202 valence electrons.